The number of aromatic nitrogens is 2. The number of imidazole rings is 1. The smallest absolute Gasteiger partial charge is 0.177 e. The van der Waals surface area contributed by atoms with Crippen molar-refractivity contribution in [3.8, 4) is 0 Å². The van der Waals surface area contributed by atoms with E-state index in [0.717, 1.165) is 50.7 Å². The van der Waals surface area contributed by atoms with Crippen LogP contribution in [-0.4, -0.2) is 47.3 Å². The third-order valence-corrected chi connectivity index (χ3v) is 5.90. The number of fused-ring (bicyclic) bond motifs is 1. The number of ether oxygens (including phenoxy) is 1. The SMILES string of the molecule is Fc1ccc(Cl)c(F)c1C1Cc2c(CCN3CCOCC3)[nH]c(=S)n2C1. The molecule has 2 aliphatic heterocycles. The van der Waals surface area contributed by atoms with Crippen LogP contribution in [0.5, 0.6) is 0 Å². The molecule has 2 aromatic rings. The topological polar surface area (TPSA) is 33.2 Å². The second-order valence-corrected chi connectivity index (χ2v) is 7.62. The highest BCUT2D eigenvalue weighted by molar-refractivity contribution is 7.71. The number of morpholine rings is 1. The number of H-pyrrole nitrogens is 1. The Kier molecular flexibility index (Phi) is 5.14. The first-order valence-corrected chi connectivity index (χ1v) is 9.57. The second kappa shape index (κ2) is 7.38. The third kappa shape index (κ3) is 3.33. The number of halogens is 3. The van der Waals surface area contributed by atoms with E-state index in [9.17, 15) is 8.78 Å². The highest BCUT2D eigenvalue weighted by Gasteiger charge is 2.31. The van der Waals surface area contributed by atoms with E-state index in [1.54, 1.807) is 0 Å². The van der Waals surface area contributed by atoms with Gasteiger partial charge in [-0.15, -0.1) is 0 Å². The molecule has 0 saturated carbocycles. The maximum atomic E-state index is 14.4. The van der Waals surface area contributed by atoms with E-state index in [4.69, 9.17) is 28.6 Å². The molecule has 1 saturated heterocycles. The molecule has 1 N–H and O–H groups in total. The number of aromatic amines is 1. The molecule has 1 aromatic carbocycles. The molecule has 1 fully saturated rings. The zero-order valence-corrected chi connectivity index (χ0v) is 15.8. The Labute approximate surface area is 160 Å². The molecular weight excluding hydrogens is 380 g/mol. The molecule has 4 nitrogen and oxygen atoms in total. The molecule has 0 radical (unpaired) electrons. The molecule has 8 heteroatoms. The van der Waals surface area contributed by atoms with Gasteiger partial charge in [0.15, 0.2) is 4.77 Å². The van der Waals surface area contributed by atoms with Crippen LogP contribution < -0.4 is 0 Å². The van der Waals surface area contributed by atoms with Gasteiger partial charge in [0.2, 0.25) is 0 Å². The van der Waals surface area contributed by atoms with Gasteiger partial charge in [0, 0.05) is 55.5 Å². The Morgan fingerprint density at radius 2 is 2.04 bits per heavy atom. The van der Waals surface area contributed by atoms with Gasteiger partial charge in [-0.3, -0.25) is 4.90 Å². The van der Waals surface area contributed by atoms with Crippen molar-refractivity contribution in [1.29, 1.82) is 0 Å². The first kappa shape index (κ1) is 18.1. The molecule has 1 aromatic heterocycles. The van der Waals surface area contributed by atoms with Crippen molar-refractivity contribution in [2.75, 3.05) is 32.8 Å². The minimum Gasteiger partial charge on any atom is -0.379 e. The fourth-order valence-corrected chi connectivity index (χ4v) is 4.38. The largest absolute Gasteiger partial charge is 0.379 e. The molecule has 0 aliphatic carbocycles. The van der Waals surface area contributed by atoms with Crippen LogP contribution in [0.3, 0.4) is 0 Å². The average Bonchev–Trinajstić information content (AvgIpc) is 3.19. The Morgan fingerprint density at radius 1 is 1.27 bits per heavy atom. The maximum Gasteiger partial charge on any atom is 0.177 e. The summed E-state index contributed by atoms with van der Waals surface area (Å²) in [6.07, 6.45) is 1.39. The van der Waals surface area contributed by atoms with Crippen LogP contribution >= 0.6 is 23.8 Å². The molecule has 1 unspecified atom stereocenters. The molecule has 140 valence electrons. The van der Waals surface area contributed by atoms with Crippen LogP contribution in [0.25, 0.3) is 0 Å². The highest BCUT2D eigenvalue weighted by Crippen LogP contribution is 2.36. The summed E-state index contributed by atoms with van der Waals surface area (Å²) in [6.45, 7) is 4.77. The zero-order valence-electron chi connectivity index (χ0n) is 14.2. The summed E-state index contributed by atoms with van der Waals surface area (Å²) >= 11 is 11.3. The summed E-state index contributed by atoms with van der Waals surface area (Å²) in [4.78, 5) is 5.63. The van der Waals surface area contributed by atoms with Crippen molar-refractivity contribution in [2.45, 2.75) is 25.3 Å². The fraction of sp³-hybridized carbons (Fsp3) is 0.500. The molecule has 4 rings (SSSR count). The number of benzene rings is 1. The summed E-state index contributed by atoms with van der Waals surface area (Å²) in [6, 6.07) is 2.49. The van der Waals surface area contributed by atoms with E-state index in [-0.39, 0.29) is 16.5 Å². The zero-order chi connectivity index (χ0) is 18.3. The van der Waals surface area contributed by atoms with E-state index in [2.05, 4.69) is 9.88 Å². The van der Waals surface area contributed by atoms with Crippen LogP contribution in [0.4, 0.5) is 8.78 Å². The summed E-state index contributed by atoms with van der Waals surface area (Å²) in [5, 5.41) is -0.0457. The van der Waals surface area contributed by atoms with Crippen LogP contribution in [0.15, 0.2) is 12.1 Å². The highest BCUT2D eigenvalue weighted by atomic mass is 35.5. The van der Waals surface area contributed by atoms with Gasteiger partial charge in [0.1, 0.15) is 11.6 Å². The van der Waals surface area contributed by atoms with Gasteiger partial charge in [-0.1, -0.05) is 11.6 Å². The Balaban J connectivity index is 1.54. The van der Waals surface area contributed by atoms with Gasteiger partial charge >= 0.3 is 0 Å². The lowest BCUT2D eigenvalue weighted by Gasteiger charge is -2.26. The van der Waals surface area contributed by atoms with E-state index in [0.29, 0.717) is 17.7 Å². The lowest BCUT2D eigenvalue weighted by atomic mass is 9.95. The molecule has 1 atom stereocenters. The molecule has 2 aliphatic rings. The van der Waals surface area contributed by atoms with Crippen LogP contribution in [0.1, 0.15) is 22.9 Å². The Morgan fingerprint density at radius 3 is 2.81 bits per heavy atom. The quantitative estimate of drug-likeness (QED) is 0.628. The standard InChI is InChI=1S/C18H20ClF2N3OS/c19-12-1-2-13(20)16(17(12)21)11-9-15-14(22-18(26)24(15)10-11)3-4-23-5-7-25-8-6-23/h1-2,11H,3-10H2,(H,22,26). The van der Waals surface area contributed by atoms with Gasteiger partial charge in [-0.2, -0.15) is 0 Å². The van der Waals surface area contributed by atoms with Gasteiger partial charge in [-0.25, -0.2) is 8.78 Å². The fourth-order valence-electron chi connectivity index (χ4n) is 3.91. The average molecular weight is 400 g/mol. The van der Waals surface area contributed by atoms with Crippen molar-refractivity contribution >= 4 is 23.8 Å². The van der Waals surface area contributed by atoms with E-state index >= 15 is 0 Å². The lowest BCUT2D eigenvalue weighted by molar-refractivity contribution is 0.0383. The summed E-state index contributed by atoms with van der Waals surface area (Å²) < 4.78 is 36.6. The normalized spacial score (nSPS) is 20.5. The number of hydrogen-bond acceptors (Lipinski definition) is 3. The summed E-state index contributed by atoms with van der Waals surface area (Å²) in [5.41, 5.74) is 2.17. The molecule has 26 heavy (non-hydrogen) atoms. The Bertz CT molecular complexity index is 876. The molecule has 0 amide bonds. The monoisotopic (exact) mass is 399 g/mol. The first-order valence-electron chi connectivity index (χ1n) is 8.78. The van der Waals surface area contributed by atoms with E-state index in [1.807, 2.05) is 4.57 Å². The molecule has 0 spiro atoms. The minimum absolute atomic E-state index is 0.0457. The van der Waals surface area contributed by atoms with Crippen molar-refractivity contribution in [3.05, 3.63) is 50.5 Å². The van der Waals surface area contributed by atoms with Crippen molar-refractivity contribution < 1.29 is 13.5 Å². The Hall–Kier alpha value is -1.28. The van der Waals surface area contributed by atoms with E-state index < -0.39 is 11.6 Å². The van der Waals surface area contributed by atoms with E-state index in [1.165, 1.54) is 12.1 Å². The molecular formula is C18H20ClF2N3OS. The first-order chi connectivity index (χ1) is 12.5. The third-order valence-electron chi connectivity index (χ3n) is 5.29. The second-order valence-electron chi connectivity index (χ2n) is 6.83. The predicted octanol–water partition coefficient (Wildman–Crippen LogP) is 3.69. The van der Waals surface area contributed by atoms with Gasteiger partial charge in [0.25, 0.3) is 0 Å². The molecule has 3 heterocycles. The van der Waals surface area contributed by atoms with Crippen LogP contribution in [0, 0.1) is 16.4 Å². The van der Waals surface area contributed by atoms with Crippen molar-refractivity contribution in [1.82, 2.24) is 14.5 Å². The summed E-state index contributed by atoms with van der Waals surface area (Å²) in [5.74, 6) is -1.50. The molecule has 0 bridgehead atoms. The number of nitrogens with zero attached hydrogens (tertiary/aromatic N) is 2. The number of rotatable bonds is 4. The maximum absolute atomic E-state index is 14.4. The van der Waals surface area contributed by atoms with Crippen LogP contribution in [-0.2, 0) is 24.1 Å². The summed E-state index contributed by atoms with van der Waals surface area (Å²) in [7, 11) is 0. The lowest BCUT2D eigenvalue weighted by Crippen LogP contribution is -2.37. The van der Waals surface area contributed by atoms with Crippen molar-refractivity contribution in [2.24, 2.45) is 0 Å². The van der Waals surface area contributed by atoms with Gasteiger partial charge in [0.05, 0.1) is 18.2 Å². The minimum atomic E-state index is -0.660. The van der Waals surface area contributed by atoms with Crippen molar-refractivity contribution in [3.63, 3.8) is 0 Å². The van der Waals surface area contributed by atoms with Gasteiger partial charge < -0.3 is 14.3 Å². The number of nitrogens with one attached hydrogen (secondary N) is 1. The number of hydrogen-bond donors (Lipinski definition) is 1. The predicted molar refractivity (Wildman–Crippen MR) is 98.4 cm³/mol. The van der Waals surface area contributed by atoms with Crippen LogP contribution in [0.2, 0.25) is 5.02 Å². The van der Waals surface area contributed by atoms with Gasteiger partial charge in [-0.05, 0) is 30.8 Å².